The van der Waals surface area contributed by atoms with E-state index in [0.29, 0.717) is 0 Å². The largest absolute Gasteiger partial charge is 0.394 e. The third-order valence-corrected chi connectivity index (χ3v) is 9.29. The van der Waals surface area contributed by atoms with E-state index in [4.69, 9.17) is 66.0 Å². The van der Waals surface area contributed by atoms with Crippen molar-refractivity contribution in [1.82, 2.24) is 0 Å². The number of aliphatic hydroxyl groups is 12. The van der Waals surface area contributed by atoms with E-state index in [0.717, 1.165) is 13.2 Å². The van der Waals surface area contributed by atoms with Gasteiger partial charge in [0.2, 0.25) is 0 Å². The molecule has 372 valence electrons. The van der Waals surface area contributed by atoms with E-state index in [1.165, 1.54) is 180 Å². The highest BCUT2D eigenvalue weighted by Crippen LogP contribution is 2.12. The Balaban J connectivity index is -0.000000348. The number of aliphatic hydroxyl groups excluding tert-OH is 12. The smallest absolute Gasteiger partial charge is 0.100 e. The van der Waals surface area contributed by atoms with Crippen molar-refractivity contribution in [3.05, 3.63) is 24.3 Å². The molecule has 0 saturated carbocycles. The maximum atomic E-state index is 8.17. The summed E-state index contributed by atoms with van der Waals surface area (Å²) < 4.78 is 5.85. The first-order valence-electron chi connectivity index (χ1n) is 24.1. The summed E-state index contributed by atoms with van der Waals surface area (Å²) in [5.41, 5.74) is 0. The Morgan fingerprint density at radius 1 is 0.279 bits per heavy atom. The Labute approximate surface area is 373 Å². The number of ether oxygens (including phenoxy) is 1. The molecule has 13 nitrogen and oxygen atoms in total. The van der Waals surface area contributed by atoms with Crippen molar-refractivity contribution < 1.29 is 66.0 Å². The van der Waals surface area contributed by atoms with Crippen molar-refractivity contribution in [1.29, 1.82) is 0 Å². The minimum atomic E-state index is -0.954. The maximum absolute atomic E-state index is 8.17. The number of hydrogen-bond donors (Lipinski definition) is 12. The molecule has 0 fully saturated rings. The van der Waals surface area contributed by atoms with Gasteiger partial charge in [0, 0.05) is 13.2 Å². The van der Waals surface area contributed by atoms with Crippen LogP contribution in [-0.2, 0) is 4.74 Å². The van der Waals surface area contributed by atoms with Gasteiger partial charge in [-0.05, 0) is 64.2 Å². The van der Waals surface area contributed by atoms with Crippen LogP contribution in [0.3, 0.4) is 0 Å². The van der Waals surface area contributed by atoms with Gasteiger partial charge in [-0.15, -0.1) is 0 Å². The minimum Gasteiger partial charge on any atom is -0.394 e. The van der Waals surface area contributed by atoms with E-state index in [1.807, 2.05) is 0 Å². The molecule has 0 aliphatic rings. The predicted octanol–water partition coefficient (Wildman–Crippen LogP) is 6.41. The molecule has 0 amide bonds. The van der Waals surface area contributed by atoms with Crippen molar-refractivity contribution >= 4 is 0 Å². The molecule has 0 atom stereocenters. The Morgan fingerprint density at radius 3 is 0.639 bits per heavy atom. The van der Waals surface area contributed by atoms with Gasteiger partial charge in [-0.1, -0.05) is 154 Å². The van der Waals surface area contributed by atoms with Crippen LogP contribution in [0.2, 0.25) is 0 Å². The Morgan fingerprint density at radius 2 is 0.459 bits per heavy atom. The molecular weight excluding hydrogens is 785 g/mol. The Hall–Kier alpha value is -1.04. The molecule has 0 spiro atoms. The zero-order valence-corrected chi connectivity index (χ0v) is 39.3. The van der Waals surface area contributed by atoms with Crippen LogP contribution in [0.1, 0.15) is 194 Å². The molecule has 0 aromatic heterocycles. The lowest BCUT2D eigenvalue weighted by molar-refractivity contribution is 0.0450. The second-order valence-corrected chi connectivity index (χ2v) is 15.6. The monoisotopic (exact) mass is 887 g/mol. The van der Waals surface area contributed by atoms with E-state index < -0.39 is 24.4 Å². The van der Waals surface area contributed by atoms with Crippen LogP contribution in [0, 0.1) is 0 Å². The predicted molar refractivity (Wildman–Crippen MR) is 250 cm³/mol. The molecule has 0 aromatic carbocycles. The minimum absolute atomic E-state index is 0.365. The quantitative estimate of drug-likeness (QED) is 0.0235. The van der Waals surface area contributed by atoms with Crippen LogP contribution < -0.4 is 0 Å². The lowest BCUT2D eigenvalue weighted by Crippen LogP contribution is -2.15. The van der Waals surface area contributed by atoms with Gasteiger partial charge in [0.1, 0.15) is 24.4 Å². The van der Waals surface area contributed by atoms with E-state index >= 15 is 0 Å². The molecule has 61 heavy (non-hydrogen) atoms. The highest BCUT2D eigenvalue weighted by molar-refractivity contribution is 4.82. The zero-order chi connectivity index (χ0) is 46.7. The molecule has 0 aromatic rings. The lowest BCUT2D eigenvalue weighted by Gasteiger charge is -2.05. The second-order valence-electron chi connectivity index (χ2n) is 15.6. The van der Waals surface area contributed by atoms with E-state index in [-0.39, 0.29) is 52.9 Å². The van der Waals surface area contributed by atoms with Gasteiger partial charge in [-0.2, -0.15) is 0 Å². The number of allylic oxidation sites excluding steroid dienone is 4. The van der Waals surface area contributed by atoms with Gasteiger partial charge < -0.3 is 66.0 Å². The van der Waals surface area contributed by atoms with Gasteiger partial charge in [0.25, 0.3) is 0 Å². The molecule has 0 radical (unpaired) electrons. The SMILES string of the molecule is CCCCCCCCC=CCCCCCCCCOCCCCCCCCC=CCCCCCCCC.OCC(O)CO.OCC(O)CO.OCC(O)CO.OCC(O)CO. The summed E-state index contributed by atoms with van der Waals surface area (Å²) in [6.45, 7) is 3.62. The highest BCUT2D eigenvalue weighted by Gasteiger charge is 1.97. The van der Waals surface area contributed by atoms with E-state index in [9.17, 15) is 0 Å². The van der Waals surface area contributed by atoms with Gasteiger partial charge in [0.15, 0.2) is 0 Å². The molecule has 0 aliphatic carbocycles. The highest BCUT2D eigenvalue weighted by atomic mass is 16.5. The van der Waals surface area contributed by atoms with Crippen molar-refractivity contribution in [2.75, 3.05) is 66.1 Å². The van der Waals surface area contributed by atoms with Crippen molar-refractivity contribution in [2.45, 2.75) is 218 Å². The molecule has 0 bridgehead atoms. The van der Waals surface area contributed by atoms with Crippen molar-refractivity contribution in [3.8, 4) is 0 Å². The summed E-state index contributed by atoms with van der Waals surface area (Å²) in [6, 6.07) is 0. The summed E-state index contributed by atoms with van der Waals surface area (Å²) in [5, 5.41) is 96.1. The first-order valence-corrected chi connectivity index (χ1v) is 24.1. The molecule has 0 rings (SSSR count). The van der Waals surface area contributed by atoms with Crippen molar-refractivity contribution in [3.63, 3.8) is 0 Å². The zero-order valence-electron chi connectivity index (χ0n) is 39.3. The number of rotatable bonds is 40. The van der Waals surface area contributed by atoms with Crippen LogP contribution >= 0.6 is 0 Å². The fourth-order valence-electron chi connectivity index (χ4n) is 5.24. The molecular formula is C48H102O13. The number of unbranched alkanes of at least 4 members (excludes halogenated alkanes) is 24. The summed E-state index contributed by atoms with van der Waals surface area (Å²) in [6.07, 6.45) is 44.3. The third-order valence-electron chi connectivity index (χ3n) is 9.29. The molecule has 0 saturated heterocycles. The summed E-state index contributed by atoms with van der Waals surface area (Å²) in [5.74, 6) is 0. The molecule has 13 heteroatoms. The summed E-state index contributed by atoms with van der Waals surface area (Å²) in [4.78, 5) is 0. The standard InChI is InChI=1S/C36H70O.4C3H8O3/c1-3-5-7-9-11-13-15-17-19-21-23-25-27-29-31-33-35-37-36-34-32-30-28-26-24-22-20-18-16-14-12-10-8-6-4-2;4*4-1-3(6)2-5/h17-20H,3-16,21-36H2,1-2H3;4*3-6H,1-2H2. The summed E-state index contributed by atoms with van der Waals surface area (Å²) >= 11 is 0. The first-order chi connectivity index (χ1) is 29.6. The molecule has 12 N–H and O–H groups in total. The van der Waals surface area contributed by atoms with Crippen LogP contribution in [0.5, 0.6) is 0 Å². The van der Waals surface area contributed by atoms with E-state index in [1.54, 1.807) is 0 Å². The fraction of sp³-hybridized carbons (Fsp3) is 0.917. The number of hydrogen-bond acceptors (Lipinski definition) is 13. The van der Waals surface area contributed by atoms with Gasteiger partial charge in [-0.25, -0.2) is 0 Å². The van der Waals surface area contributed by atoms with Gasteiger partial charge >= 0.3 is 0 Å². The lowest BCUT2D eigenvalue weighted by atomic mass is 10.1. The normalized spacial score (nSPS) is 11.2. The second kappa shape index (κ2) is 68.0. The van der Waals surface area contributed by atoms with Crippen LogP contribution in [0.15, 0.2) is 24.3 Å². The molecule has 0 aliphatic heterocycles. The Bertz CT molecular complexity index is 665. The first kappa shape index (κ1) is 69.0. The topological polar surface area (TPSA) is 252 Å². The average Bonchev–Trinajstić information content (AvgIpc) is 3.30. The molecule has 0 unspecified atom stereocenters. The van der Waals surface area contributed by atoms with Crippen LogP contribution in [0.4, 0.5) is 0 Å². The fourth-order valence-corrected chi connectivity index (χ4v) is 5.24. The maximum Gasteiger partial charge on any atom is 0.100 e. The van der Waals surface area contributed by atoms with E-state index in [2.05, 4.69) is 38.2 Å². The molecule has 0 heterocycles. The van der Waals surface area contributed by atoms with Gasteiger partial charge in [0.05, 0.1) is 52.9 Å². The third kappa shape index (κ3) is 79.8. The average molecular weight is 887 g/mol. The summed E-state index contributed by atoms with van der Waals surface area (Å²) in [7, 11) is 0. The van der Waals surface area contributed by atoms with Crippen LogP contribution in [0.25, 0.3) is 0 Å². The van der Waals surface area contributed by atoms with Gasteiger partial charge in [-0.3, -0.25) is 0 Å². The Kier molecular flexibility index (Phi) is 77.0. The van der Waals surface area contributed by atoms with Crippen LogP contribution in [-0.4, -0.2) is 152 Å². The van der Waals surface area contributed by atoms with Crippen molar-refractivity contribution in [2.24, 2.45) is 0 Å².